The highest BCUT2D eigenvalue weighted by Gasteiger charge is 2.45. The van der Waals surface area contributed by atoms with Crippen molar-refractivity contribution in [1.29, 1.82) is 0 Å². The Bertz CT molecular complexity index is 503. The van der Waals surface area contributed by atoms with Gasteiger partial charge in [0.1, 0.15) is 5.60 Å². The Labute approximate surface area is 135 Å². The first-order valence-electron chi connectivity index (χ1n) is 8.34. The second-order valence-corrected chi connectivity index (χ2v) is 6.88. The van der Waals surface area contributed by atoms with Crippen LogP contribution in [0.2, 0.25) is 0 Å². The van der Waals surface area contributed by atoms with Crippen molar-refractivity contribution in [2.45, 2.75) is 50.5 Å². The predicted octanol–water partition coefficient (Wildman–Crippen LogP) is 2.25. The number of hydrogen-bond donors (Lipinski definition) is 1. The van der Waals surface area contributed by atoms with Gasteiger partial charge in [-0.05, 0) is 25.7 Å². The molecule has 0 radical (unpaired) electrons. The quantitative estimate of drug-likeness (QED) is 0.787. The molecule has 2 heterocycles. The van der Waals surface area contributed by atoms with E-state index in [1.54, 1.807) is 0 Å². The molecule has 3 rings (SSSR count). The van der Waals surface area contributed by atoms with Crippen LogP contribution in [-0.2, 0) is 14.4 Å². The van der Waals surface area contributed by atoms with E-state index in [2.05, 4.69) is 5.16 Å². The maximum absolute atomic E-state index is 11.6. The van der Waals surface area contributed by atoms with Gasteiger partial charge in [-0.25, -0.2) is 4.79 Å². The Balaban J connectivity index is 1.51. The van der Waals surface area contributed by atoms with Crippen LogP contribution in [0, 0.1) is 11.8 Å². The minimum absolute atomic E-state index is 0.0203. The molecular weight excluding hydrogens is 300 g/mol. The second kappa shape index (κ2) is 6.37. The number of carbonyl (C=O) groups is 2. The molecule has 2 aliphatic heterocycles. The fourth-order valence-corrected chi connectivity index (χ4v) is 3.97. The summed E-state index contributed by atoms with van der Waals surface area (Å²) in [6.45, 7) is 1.01. The van der Waals surface area contributed by atoms with Crippen molar-refractivity contribution in [2.24, 2.45) is 17.0 Å². The average Bonchev–Trinajstić information content (AvgIpc) is 2.98. The van der Waals surface area contributed by atoms with Gasteiger partial charge in [0.25, 0.3) is 0 Å². The molecule has 0 aromatic carbocycles. The molecule has 0 bridgehead atoms. The van der Waals surface area contributed by atoms with Crippen LogP contribution in [0.5, 0.6) is 0 Å². The number of rotatable bonds is 2. The van der Waals surface area contributed by atoms with Gasteiger partial charge < -0.3 is 19.6 Å². The molecule has 1 saturated carbocycles. The van der Waals surface area contributed by atoms with Gasteiger partial charge in [0.2, 0.25) is 0 Å². The van der Waals surface area contributed by atoms with Crippen LogP contribution in [0.15, 0.2) is 5.16 Å². The smallest absolute Gasteiger partial charge is 0.407 e. The number of oxime groups is 1. The van der Waals surface area contributed by atoms with Crippen LogP contribution in [0.3, 0.4) is 0 Å². The number of esters is 1. The van der Waals surface area contributed by atoms with Gasteiger partial charge in [0, 0.05) is 38.3 Å². The molecule has 0 unspecified atom stereocenters. The zero-order chi connectivity index (χ0) is 16.4. The monoisotopic (exact) mass is 324 g/mol. The molecule has 1 aliphatic carbocycles. The Kier molecular flexibility index (Phi) is 4.46. The molecule has 2 fully saturated rings. The summed E-state index contributed by atoms with van der Waals surface area (Å²) in [6.07, 6.45) is 4.91. The van der Waals surface area contributed by atoms with Crippen molar-refractivity contribution in [2.75, 3.05) is 20.2 Å². The van der Waals surface area contributed by atoms with E-state index in [1.807, 2.05) is 0 Å². The third-order valence-corrected chi connectivity index (χ3v) is 5.54. The van der Waals surface area contributed by atoms with Crippen LogP contribution >= 0.6 is 0 Å². The number of carboxylic acid groups (broad SMARTS) is 1. The molecule has 1 saturated heterocycles. The summed E-state index contributed by atoms with van der Waals surface area (Å²) >= 11 is 0. The Morgan fingerprint density at radius 3 is 2.48 bits per heavy atom. The lowest BCUT2D eigenvalue weighted by atomic mass is 9.76. The van der Waals surface area contributed by atoms with Crippen molar-refractivity contribution >= 4 is 17.8 Å². The van der Waals surface area contributed by atoms with Gasteiger partial charge in [-0.15, -0.1) is 0 Å². The fourth-order valence-electron chi connectivity index (χ4n) is 3.97. The normalized spacial score (nSPS) is 29.8. The zero-order valence-corrected chi connectivity index (χ0v) is 13.5. The number of ether oxygens (including phenoxy) is 1. The first kappa shape index (κ1) is 16.1. The largest absolute Gasteiger partial charge is 0.469 e. The molecule has 1 amide bonds. The lowest BCUT2D eigenvalue weighted by Crippen LogP contribution is -2.46. The number of carbonyl (C=O) groups excluding carboxylic acids is 1. The molecule has 0 aromatic rings. The summed E-state index contributed by atoms with van der Waals surface area (Å²) in [4.78, 5) is 29.8. The lowest BCUT2D eigenvalue weighted by Gasteiger charge is -2.36. The molecule has 0 aromatic heterocycles. The standard InChI is InChI=1S/C16H24N2O5/c1-22-14(19)12-4-2-11(3-5-12)13-10-16(23-17-13)6-8-18(9-7-16)15(20)21/h11-12H,2-10H2,1H3,(H,20,21)/t11-,12-. The predicted molar refractivity (Wildman–Crippen MR) is 82.2 cm³/mol. The Morgan fingerprint density at radius 2 is 1.91 bits per heavy atom. The summed E-state index contributed by atoms with van der Waals surface area (Å²) in [6, 6.07) is 0. The van der Waals surface area contributed by atoms with E-state index in [9.17, 15) is 9.59 Å². The molecule has 7 nitrogen and oxygen atoms in total. The van der Waals surface area contributed by atoms with Gasteiger partial charge >= 0.3 is 12.1 Å². The molecule has 3 aliphatic rings. The van der Waals surface area contributed by atoms with Crippen LogP contribution in [0.25, 0.3) is 0 Å². The number of nitrogens with zero attached hydrogens (tertiary/aromatic N) is 2. The van der Waals surface area contributed by atoms with E-state index in [0.717, 1.165) is 37.8 Å². The summed E-state index contributed by atoms with van der Waals surface area (Å²) in [5, 5.41) is 13.4. The van der Waals surface area contributed by atoms with Gasteiger partial charge in [0.15, 0.2) is 0 Å². The highest BCUT2D eigenvalue weighted by Crippen LogP contribution is 2.40. The summed E-state index contributed by atoms with van der Waals surface area (Å²) in [5.41, 5.74) is 0.789. The molecular formula is C16H24N2O5. The molecule has 7 heteroatoms. The summed E-state index contributed by atoms with van der Waals surface area (Å²) in [7, 11) is 1.44. The fraction of sp³-hybridized carbons (Fsp3) is 0.812. The number of hydrogen-bond acceptors (Lipinski definition) is 5. The molecule has 0 atom stereocenters. The minimum Gasteiger partial charge on any atom is -0.469 e. The van der Waals surface area contributed by atoms with Gasteiger partial charge in [-0.1, -0.05) is 5.16 Å². The van der Waals surface area contributed by atoms with Crippen molar-refractivity contribution < 1.29 is 24.3 Å². The summed E-state index contributed by atoms with van der Waals surface area (Å²) < 4.78 is 4.82. The maximum Gasteiger partial charge on any atom is 0.407 e. The third-order valence-electron chi connectivity index (χ3n) is 5.54. The average molecular weight is 324 g/mol. The Hall–Kier alpha value is -1.79. The molecule has 1 N–H and O–H groups in total. The third kappa shape index (κ3) is 3.28. The first-order valence-corrected chi connectivity index (χ1v) is 8.34. The van der Waals surface area contributed by atoms with E-state index in [1.165, 1.54) is 12.0 Å². The van der Waals surface area contributed by atoms with Crippen molar-refractivity contribution in [1.82, 2.24) is 4.90 Å². The maximum atomic E-state index is 11.6. The van der Waals surface area contributed by atoms with Crippen molar-refractivity contribution in [3.8, 4) is 0 Å². The highest BCUT2D eigenvalue weighted by atomic mass is 16.7. The van der Waals surface area contributed by atoms with Gasteiger partial charge in [-0.3, -0.25) is 4.79 Å². The summed E-state index contributed by atoms with van der Waals surface area (Å²) in [5.74, 6) is 0.297. The highest BCUT2D eigenvalue weighted by molar-refractivity contribution is 5.88. The number of likely N-dealkylation sites (tertiary alicyclic amines) is 1. The van der Waals surface area contributed by atoms with Crippen LogP contribution < -0.4 is 0 Å². The molecule has 128 valence electrons. The molecule has 1 spiro atoms. The van der Waals surface area contributed by atoms with Gasteiger partial charge in [-0.2, -0.15) is 0 Å². The minimum atomic E-state index is -0.861. The van der Waals surface area contributed by atoms with Crippen molar-refractivity contribution in [3.63, 3.8) is 0 Å². The van der Waals surface area contributed by atoms with E-state index in [4.69, 9.17) is 14.7 Å². The zero-order valence-electron chi connectivity index (χ0n) is 13.5. The lowest BCUT2D eigenvalue weighted by molar-refractivity contribution is -0.146. The SMILES string of the molecule is COC(=O)[C@H]1CC[C@H](C2=NOC3(CCN(C(=O)O)CC3)C2)CC1. The van der Waals surface area contributed by atoms with E-state index in [-0.39, 0.29) is 17.5 Å². The van der Waals surface area contributed by atoms with Crippen molar-refractivity contribution in [3.05, 3.63) is 0 Å². The Morgan fingerprint density at radius 1 is 1.26 bits per heavy atom. The van der Waals surface area contributed by atoms with E-state index >= 15 is 0 Å². The number of piperidine rings is 1. The molecule has 23 heavy (non-hydrogen) atoms. The van der Waals surface area contributed by atoms with Crippen LogP contribution in [-0.4, -0.2) is 53.6 Å². The topological polar surface area (TPSA) is 88.4 Å². The van der Waals surface area contributed by atoms with E-state index in [0.29, 0.717) is 31.8 Å². The van der Waals surface area contributed by atoms with Crippen LogP contribution in [0.4, 0.5) is 4.79 Å². The first-order chi connectivity index (χ1) is 11.0. The van der Waals surface area contributed by atoms with Crippen LogP contribution in [0.1, 0.15) is 44.9 Å². The van der Waals surface area contributed by atoms with Gasteiger partial charge in [0.05, 0.1) is 18.7 Å². The number of amides is 1. The second-order valence-electron chi connectivity index (χ2n) is 6.88. The number of methoxy groups -OCH3 is 1. The van der Waals surface area contributed by atoms with E-state index < -0.39 is 6.09 Å².